The van der Waals surface area contributed by atoms with E-state index in [1.807, 2.05) is 0 Å². The molecule has 0 aliphatic rings. The third kappa shape index (κ3) is 4.19. The van der Waals surface area contributed by atoms with Gasteiger partial charge in [0.15, 0.2) is 0 Å². The van der Waals surface area contributed by atoms with Gasteiger partial charge in [0, 0.05) is 22.5 Å². The number of nitrogens with one attached hydrogen (secondary N) is 1. The molecule has 0 saturated carbocycles. The van der Waals surface area contributed by atoms with Gasteiger partial charge in [-0.3, -0.25) is 4.79 Å². The van der Waals surface area contributed by atoms with Gasteiger partial charge in [-0.05, 0) is 39.2 Å². The summed E-state index contributed by atoms with van der Waals surface area (Å²) in [7, 11) is 0. The second kappa shape index (κ2) is 7.23. The van der Waals surface area contributed by atoms with Crippen molar-refractivity contribution in [2.45, 2.75) is 6.04 Å². The van der Waals surface area contributed by atoms with Crippen LogP contribution in [0, 0.1) is 0 Å². The number of halogens is 2. The summed E-state index contributed by atoms with van der Waals surface area (Å²) in [6.45, 7) is 0.604. The molecule has 0 aliphatic carbocycles. The van der Waals surface area contributed by atoms with E-state index < -0.39 is 11.9 Å². The number of amides is 1. The Morgan fingerprint density at radius 1 is 1.67 bits per heavy atom. The van der Waals surface area contributed by atoms with E-state index in [0.29, 0.717) is 21.6 Å². The Bertz CT molecular complexity index is 489. The normalized spacial score (nSPS) is 11.7. The minimum absolute atomic E-state index is 0.245. The van der Waals surface area contributed by atoms with E-state index in [0.717, 1.165) is 0 Å². The maximum Gasteiger partial charge on any atom is 0.239 e. The molecule has 1 aromatic carbocycles. The third-order valence-corrected chi connectivity index (χ3v) is 3.40. The van der Waals surface area contributed by atoms with Crippen LogP contribution in [0.5, 0.6) is 0 Å². The van der Waals surface area contributed by atoms with Gasteiger partial charge in [-0.2, -0.15) is 0 Å². The van der Waals surface area contributed by atoms with E-state index in [-0.39, 0.29) is 6.54 Å². The van der Waals surface area contributed by atoms with Crippen LogP contribution in [-0.2, 0) is 4.79 Å². The average molecular weight is 333 g/mol. The van der Waals surface area contributed by atoms with Crippen LogP contribution >= 0.6 is 27.5 Å². The van der Waals surface area contributed by atoms with Gasteiger partial charge in [0.05, 0.1) is 5.02 Å². The number of carbonyl (C=O) groups is 1. The topological polar surface area (TPSA) is 104 Å². The molecule has 0 bridgehead atoms. The van der Waals surface area contributed by atoms with E-state index >= 15 is 0 Å². The lowest BCUT2D eigenvalue weighted by Crippen LogP contribution is -2.34. The van der Waals surface area contributed by atoms with E-state index in [1.54, 1.807) is 18.2 Å². The number of carbonyl (C=O) groups excluding carboxylic acids is 1. The largest absolute Gasteiger partial charge is 0.368 e. The Morgan fingerprint density at radius 3 is 2.94 bits per heavy atom. The van der Waals surface area contributed by atoms with Gasteiger partial charge in [-0.15, -0.1) is 0 Å². The molecule has 0 fully saturated rings. The van der Waals surface area contributed by atoms with Crippen molar-refractivity contribution in [1.29, 1.82) is 0 Å². The quantitative estimate of drug-likeness (QED) is 0.362. The van der Waals surface area contributed by atoms with Crippen LogP contribution in [0.3, 0.4) is 0 Å². The molecule has 18 heavy (non-hydrogen) atoms. The molecular weight excluding hydrogens is 322 g/mol. The molecule has 1 amide bonds. The molecule has 0 aliphatic heterocycles. The Balaban J connectivity index is 2.80. The smallest absolute Gasteiger partial charge is 0.239 e. The van der Waals surface area contributed by atoms with Gasteiger partial charge in [0.2, 0.25) is 5.91 Å². The zero-order valence-corrected chi connectivity index (χ0v) is 11.6. The molecule has 0 spiro atoms. The van der Waals surface area contributed by atoms with Crippen molar-refractivity contribution < 1.29 is 4.79 Å². The Kier molecular flexibility index (Phi) is 5.94. The maximum absolute atomic E-state index is 11.4. The third-order valence-electron chi connectivity index (χ3n) is 2.19. The van der Waals surface area contributed by atoms with E-state index in [2.05, 4.69) is 31.3 Å². The van der Waals surface area contributed by atoms with Crippen molar-refractivity contribution in [3.05, 3.63) is 43.7 Å². The Hall–Kier alpha value is -1.27. The number of hydrogen-bond acceptors (Lipinski definition) is 3. The van der Waals surface area contributed by atoms with Crippen molar-refractivity contribution in [1.82, 2.24) is 5.32 Å². The first-order valence-corrected chi connectivity index (χ1v) is 6.22. The molecule has 0 radical (unpaired) electrons. The second-order valence-corrected chi connectivity index (χ2v) is 4.68. The fourth-order valence-corrected chi connectivity index (χ4v) is 1.89. The van der Waals surface area contributed by atoms with Gasteiger partial charge in [-0.1, -0.05) is 22.8 Å². The molecule has 8 heteroatoms. The van der Waals surface area contributed by atoms with Crippen LogP contribution in [0.25, 0.3) is 10.4 Å². The van der Waals surface area contributed by atoms with Crippen molar-refractivity contribution >= 4 is 33.4 Å². The SMILES string of the molecule is [N-]=[N+]=NCCNC(C(N)=O)c1ccc(Cl)c(Br)c1. The Morgan fingerprint density at radius 2 is 2.39 bits per heavy atom. The number of azide groups is 1. The highest BCUT2D eigenvalue weighted by Gasteiger charge is 2.17. The molecule has 0 aromatic heterocycles. The van der Waals surface area contributed by atoms with E-state index in [1.165, 1.54) is 0 Å². The molecular formula is C10H11BrClN5O. The minimum atomic E-state index is -0.646. The molecule has 1 rings (SSSR count). The van der Waals surface area contributed by atoms with Gasteiger partial charge < -0.3 is 11.1 Å². The summed E-state index contributed by atoms with van der Waals surface area (Å²) < 4.78 is 0.685. The van der Waals surface area contributed by atoms with Gasteiger partial charge in [0.1, 0.15) is 6.04 Å². The summed E-state index contributed by atoms with van der Waals surface area (Å²) in [6, 6.07) is 4.46. The van der Waals surface area contributed by atoms with Crippen LogP contribution in [0.2, 0.25) is 5.02 Å². The van der Waals surface area contributed by atoms with E-state index in [4.69, 9.17) is 22.9 Å². The van der Waals surface area contributed by atoms with E-state index in [9.17, 15) is 4.79 Å². The molecule has 1 atom stereocenters. The highest BCUT2D eigenvalue weighted by Crippen LogP contribution is 2.26. The highest BCUT2D eigenvalue weighted by molar-refractivity contribution is 9.10. The fraction of sp³-hybridized carbons (Fsp3) is 0.300. The first-order valence-electron chi connectivity index (χ1n) is 5.04. The number of primary amides is 1. The summed E-state index contributed by atoms with van der Waals surface area (Å²) in [4.78, 5) is 14.0. The standard InChI is InChI=1S/C10H11BrClN5O/c11-7-5-6(1-2-8(7)12)9(10(13)18)15-3-4-16-17-14/h1-2,5,9,15H,3-4H2,(H2,13,18). The van der Waals surface area contributed by atoms with Crippen LogP contribution < -0.4 is 11.1 Å². The first-order chi connectivity index (χ1) is 8.56. The summed E-state index contributed by atoms with van der Waals surface area (Å²) in [5, 5.41) is 6.83. The lowest BCUT2D eigenvalue weighted by molar-refractivity contribution is -0.120. The van der Waals surface area contributed by atoms with Gasteiger partial charge in [-0.25, -0.2) is 0 Å². The molecule has 0 saturated heterocycles. The predicted octanol–water partition coefficient (Wildman–Crippen LogP) is 2.53. The fourth-order valence-electron chi connectivity index (χ4n) is 1.38. The second-order valence-electron chi connectivity index (χ2n) is 3.42. The van der Waals surface area contributed by atoms with Crippen molar-refractivity contribution in [2.24, 2.45) is 10.8 Å². The summed E-state index contributed by atoms with van der Waals surface area (Å²) in [6.07, 6.45) is 0. The molecule has 96 valence electrons. The summed E-state index contributed by atoms with van der Waals surface area (Å²) in [5.41, 5.74) is 14.2. The zero-order chi connectivity index (χ0) is 13.5. The molecule has 3 N–H and O–H groups in total. The van der Waals surface area contributed by atoms with Crippen molar-refractivity contribution in [3.8, 4) is 0 Å². The number of rotatable bonds is 6. The maximum atomic E-state index is 11.4. The molecule has 0 heterocycles. The van der Waals surface area contributed by atoms with Crippen LogP contribution in [0.1, 0.15) is 11.6 Å². The Labute approximate surface area is 117 Å². The van der Waals surface area contributed by atoms with Gasteiger partial charge >= 0.3 is 0 Å². The average Bonchev–Trinajstić information content (AvgIpc) is 2.32. The number of nitrogens with two attached hydrogens (primary N) is 1. The van der Waals surface area contributed by atoms with Gasteiger partial charge in [0.25, 0.3) is 0 Å². The summed E-state index contributed by atoms with van der Waals surface area (Å²) >= 11 is 9.15. The predicted molar refractivity (Wildman–Crippen MR) is 73.1 cm³/mol. The van der Waals surface area contributed by atoms with Crippen molar-refractivity contribution in [3.63, 3.8) is 0 Å². The monoisotopic (exact) mass is 331 g/mol. The lowest BCUT2D eigenvalue weighted by atomic mass is 10.1. The molecule has 1 aromatic rings. The van der Waals surface area contributed by atoms with Crippen LogP contribution in [0.15, 0.2) is 27.8 Å². The molecule has 6 nitrogen and oxygen atoms in total. The number of nitrogens with zero attached hydrogens (tertiary/aromatic N) is 3. The van der Waals surface area contributed by atoms with Crippen molar-refractivity contribution in [2.75, 3.05) is 13.1 Å². The number of hydrogen-bond donors (Lipinski definition) is 2. The summed E-state index contributed by atoms with van der Waals surface area (Å²) in [5.74, 6) is -0.509. The molecule has 1 unspecified atom stereocenters. The first kappa shape index (κ1) is 14.8. The van der Waals surface area contributed by atoms with Crippen LogP contribution in [-0.4, -0.2) is 19.0 Å². The van der Waals surface area contributed by atoms with Crippen LogP contribution in [0.4, 0.5) is 0 Å². The zero-order valence-electron chi connectivity index (χ0n) is 9.31. The highest BCUT2D eigenvalue weighted by atomic mass is 79.9. The lowest BCUT2D eigenvalue weighted by Gasteiger charge is -2.15. The minimum Gasteiger partial charge on any atom is -0.368 e. The number of benzene rings is 1.